The van der Waals surface area contributed by atoms with Crippen LogP contribution in [0.15, 0.2) is 36.5 Å². The summed E-state index contributed by atoms with van der Waals surface area (Å²) in [6.07, 6.45) is 5.84. The molecule has 0 aromatic carbocycles. The van der Waals surface area contributed by atoms with Crippen LogP contribution >= 0.6 is 0 Å². The Morgan fingerprint density at radius 1 is 0.613 bits per heavy atom. The summed E-state index contributed by atoms with van der Waals surface area (Å²) in [6, 6.07) is 0. The monoisotopic (exact) mass is 448 g/mol. The van der Waals surface area contributed by atoms with Gasteiger partial charge < -0.3 is 30.6 Å². The van der Waals surface area contributed by atoms with Crippen molar-refractivity contribution in [3.05, 3.63) is 36.5 Å². The van der Waals surface area contributed by atoms with Gasteiger partial charge in [0.1, 0.15) is 0 Å². The van der Waals surface area contributed by atoms with E-state index in [4.69, 9.17) is 30.6 Å². The molecule has 0 aliphatic rings. The maximum Gasteiger partial charge on any atom is 0.330 e. The molecule has 0 saturated heterocycles. The number of aliphatic hydroxyl groups is 3. The fourth-order valence-electron chi connectivity index (χ4n) is 1.41. The lowest BCUT2D eigenvalue weighted by Crippen LogP contribution is -2.08. The molecule has 1 unspecified atom stereocenters. The molecule has 0 aromatic rings. The minimum Gasteiger partial charge on any atom is -0.478 e. The smallest absolute Gasteiger partial charge is 0.330 e. The van der Waals surface area contributed by atoms with Gasteiger partial charge in [0.25, 0.3) is 0 Å². The van der Waals surface area contributed by atoms with Crippen LogP contribution in [-0.2, 0) is 14.4 Å². The van der Waals surface area contributed by atoms with Gasteiger partial charge in [0.05, 0.1) is 0 Å². The van der Waals surface area contributed by atoms with Crippen LogP contribution in [0, 0.1) is 5.92 Å². The SMILES string of the molecule is C=C(C)C(=O)O.C=C(C)C(=O)O.C=C(C)C(=O)O.OCCCCCCC(CO)CCO. The Morgan fingerprint density at radius 2 is 0.935 bits per heavy atom. The highest BCUT2D eigenvalue weighted by molar-refractivity contribution is 5.85. The van der Waals surface area contributed by atoms with Crippen LogP contribution in [0.3, 0.4) is 0 Å². The summed E-state index contributed by atoms with van der Waals surface area (Å²) in [4.78, 5) is 28.8. The van der Waals surface area contributed by atoms with Gasteiger partial charge >= 0.3 is 17.9 Å². The Hall–Kier alpha value is -2.49. The highest BCUT2D eigenvalue weighted by atomic mass is 16.4. The molecule has 0 aliphatic heterocycles. The molecule has 0 rings (SSSR count). The predicted molar refractivity (Wildman–Crippen MR) is 120 cm³/mol. The van der Waals surface area contributed by atoms with Crippen molar-refractivity contribution in [2.45, 2.75) is 59.3 Å². The summed E-state index contributed by atoms with van der Waals surface area (Å²) in [7, 11) is 0. The Kier molecular flexibility index (Phi) is 29.6. The van der Waals surface area contributed by atoms with Crippen molar-refractivity contribution in [2.75, 3.05) is 19.8 Å². The molecule has 1 atom stereocenters. The zero-order valence-electron chi connectivity index (χ0n) is 19.0. The molecule has 0 spiro atoms. The first-order valence-corrected chi connectivity index (χ1v) is 9.77. The van der Waals surface area contributed by atoms with Crippen LogP contribution in [0.5, 0.6) is 0 Å². The maximum atomic E-state index is 9.60. The van der Waals surface area contributed by atoms with E-state index in [1.54, 1.807) is 0 Å². The summed E-state index contributed by atoms with van der Waals surface area (Å²) >= 11 is 0. The van der Waals surface area contributed by atoms with E-state index in [1.165, 1.54) is 20.8 Å². The van der Waals surface area contributed by atoms with Crippen LogP contribution in [0.1, 0.15) is 59.3 Å². The van der Waals surface area contributed by atoms with E-state index < -0.39 is 17.9 Å². The molecule has 6 N–H and O–H groups in total. The number of carboxylic acid groups (broad SMARTS) is 3. The lowest BCUT2D eigenvalue weighted by atomic mass is 9.99. The predicted octanol–water partition coefficient (Wildman–Crippen LogP) is 2.86. The molecule has 182 valence electrons. The van der Waals surface area contributed by atoms with E-state index in [9.17, 15) is 14.4 Å². The molecule has 0 bridgehead atoms. The van der Waals surface area contributed by atoms with Crippen molar-refractivity contribution in [1.29, 1.82) is 0 Å². The zero-order valence-corrected chi connectivity index (χ0v) is 19.0. The Labute approximate surface area is 185 Å². The van der Waals surface area contributed by atoms with E-state index in [-0.39, 0.29) is 42.5 Å². The van der Waals surface area contributed by atoms with Crippen LogP contribution in [-0.4, -0.2) is 68.4 Å². The molecule has 0 heterocycles. The van der Waals surface area contributed by atoms with Crippen LogP contribution < -0.4 is 0 Å². The fraction of sp³-hybridized carbons (Fsp3) is 0.591. The standard InChI is InChI=1S/C10H22O3.3C4H6O2/c11-7-4-2-1-3-5-10(9-13)6-8-12;3*1-3(2)4(5)6/h10-13H,1-9H2;3*1H2,2H3,(H,5,6). The number of rotatable bonds is 12. The molecule has 0 aromatic heterocycles. The van der Waals surface area contributed by atoms with Crippen molar-refractivity contribution in [3.63, 3.8) is 0 Å². The van der Waals surface area contributed by atoms with Gasteiger partial charge in [-0.2, -0.15) is 0 Å². The summed E-state index contributed by atoms with van der Waals surface area (Å²) < 4.78 is 0. The highest BCUT2D eigenvalue weighted by Gasteiger charge is 2.05. The quantitative estimate of drug-likeness (QED) is 0.194. The third kappa shape index (κ3) is 38.7. The van der Waals surface area contributed by atoms with Crippen LogP contribution in [0.4, 0.5) is 0 Å². The van der Waals surface area contributed by atoms with Crippen molar-refractivity contribution in [2.24, 2.45) is 5.92 Å². The lowest BCUT2D eigenvalue weighted by molar-refractivity contribution is -0.133. The number of hydrogen-bond donors (Lipinski definition) is 6. The summed E-state index contributed by atoms with van der Waals surface area (Å²) in [5.74, 6) is -2.54. The van der Waals surface area contributed by atoms with Crippen molar-refractivity contribution in [3.8, 4) is 0 Å². The number of carbonyl (C=O) groups is 3. The summed E-state index contributed by atoms with van der Waals surface area (Å²) in [5.41, 5.74) is 0.528. The second kappa shape index (κ2) is 25.5. The molecule has 0 saturated carbocycles. The van der Waals surface area contributed by atoms with Crippen LogP contribution in [0.2, 0.25) is 0 Å². The molecule has 0 aliphatic carbocycles. The van der Waals surface area contributed by atoms with E-state index in [1.807, 2.05) is 0 Å². The van der Waals surface area contributed by atoms with Crippen molar-refractivity contribution in [1.82, 2.24) is 0 Å². The Bertz CT molecular complexity index is 446. The maximum absolute atomic E-state index is 9.60. The van der Waals surface area contributed by atoms with Gasteiger partial charge in [0.15, 0.2) is 0 Å². The van der Waals surface area contributed by atoms with E-state index >= 15 is 0 Å². The number of aliphatic hydroxyl groups excluding tert-OH is 3. The zero-order chi connectivity index (χ0) is 25.4. The first kappa shape index (κ1) is 35.9. The second-order valence-corrected chi connectivity index (χ2v) is 6.74. The number of hydrogen-bond acceptors (Lipinski definition) is 6. The van der Waals surface area contributed by atoms with Crippen molar-refractivity contribution < 1.29 is 45.0 Å². The minimum atomic E-state index is -0.935. The van der Waals surface area contributed by atoms with Gasteiger partial charge in [-0.3, -0.25) is 0 Å². The highest BCUT2D eigenvalue weighted by Crippen LogP contribution is 2.13. The first-order chi connectivity index (χ1) is 14.3. The average molecular weight is 449 g/mol. The van der Waals surface area contributed by atoms with Gasteiger partial charge in [0.2, 0.25) is 0 Å². The topological polar surface area (TPSA) is 173 Å². The van der Waals surface area contributed by atoms with E-state index in [2.05, 4.69) is 19.7 Å². The Balaban J connectivity index is -0.000000171. The lowest BCUT2D eigenvalue weighted by Gasteiger charge is -2.11. The molecule has 0 radical (unpaired) electrons. The summed E-state index contributed by atoms with van der Waals surface area (Å²) in [5, 5.41) is 49.8. The van der Waals surface area contributed by atoms with E-state index in [0.717, 1.165) is 32.1 Å². The molecule has 0 fully saturated rings. The number of aliphatic carboxylic acids is 3. The van der Waals surface area contributed by atoms with Crippen LogP contribution in [0.25, 0.3) is 0 Å². The molecular formula is C22H40O9. The third-order valence-electron chi connectivity index (χ3n) is 3.41. The van der Waals surface area contributed by atoms with Gasteiger partial charge in [-0.05, 0) is 46.0 Å². The van der Waals surface area contributed by atoms with Gasteiger partial charge in [-0.25, -0.2) is 14.4 Å². The molecule has 9 heteroatoms. The van der Waals surface area contributed by atoms with Gasteiger partial charge in [-0.1, -0.05) is 39.0 Å². The molecule has 9 nitrogen and oxygen atoms in total. The summed E-state index contributed by atoms with van der Waals surface area (Å²) in [6.45, 7) is 14.4. The molecule has 31 heavy (non-hydrogen) atoms. The number of carboxylic acids is 3. The first-order valence-electron chi connectivity index (χ1n) is 9.77. The van der Waals surface area contributed by atoms with Gasteiger partial charge in [0, 0.05) is 36.5 Å². The van der Waals surface area contributed by atoms with Gasteiger partial charge in [-0.15, -0.1) is 0 Å². The largest absolute Gasteiger partial charge is 0.478 e. The van der Waals surface area contributed by atoms with Crippen molar-refractivity contribution >= 4 is 17.9 Å². The molecule has 0 amide bonds. The van der Waals surface area contributed by atoms with E-state index in [0.29, 0.717) is 6.42 Å². The third-order valence-corrected chi connectivity index (χ3v) is 3.41. The Morgan fingerprint density at radius 3 is 1.16 bits per heavy atom. The number of unbranched alkanes of at least 4 members (excludes halogenated alkanes) is 3. The second-order valence-electron chi connectivity index (χ2n) is 6.74. The molecular weight excluding hydrogens is 408 g/mol. The normalized spacial score (nSPS) is 9.87. The fourth-order valence-corrected chi connectivity index (χ4v) is 1.41. The minimum absolute atomic E-state index is 0.169. The average Bonchev–Trinajstić information content (AvgIpc) is 2.68.